The normalized spacial score (nSPS) is 14.2. The number of aromatic nitrogens is 3. The number of nitrogens with zero attached hydrogens (tertiary/aromatic N) is 5. The van der Waals surface area contributed by atoms with Gasteiger partial charge in [0.25, 0.3) is 5.91 Å². The van der Waals surface area contributed by atoms with Crippen molar-refractivity contribution in [3.8, 4) is 11.3 Å². The van der Waals surface area contributed by atoms with Gasteiger partial charge in [-0.3, -0.25) is 14.8 Å². The molecule has 0 bridgehead atoms. The minimum atomic E-state index is -4.67. The van der Waals surface area contributed by atoms with Crippen molar-refractivity contribution in [1.82, 2.24) is 25.2 Å². The molecule has 0 spiro atoms. The van der Waals surface area contributed by atoms with Crippen molar-refractivity contribution in [2.45, 2.75) is 52.4 Å². The standard InChI is InChI=1S/C30H34F4N6O3/c1-19(2)15-29(3,4)43-28(42)40-11-9-39(10-12-40)22-5-6-24(36-18-22)27(41)38-17-20-13-23(31)26(37-16-20)21-7-8-35-25(14-21)30(32,33)34/h5-8,13-14,16,18-19H,9-12,15,17H2,1-4H3,(H,38,41). The van der Waals surface area contributed by atoms with Crippen molar-refractivity contribution in [1.29, 1.82) is 0 Å². The molecule has 1 aliphatic rings. The van der Waals surface area contributed by atoms with E-state index in [4.69, 9.17) is 4.74 Å². The first-order chi connectivity index (χ1) is 20.2. The number of hydrogen-bond acceptors (Lipinski definition) is 7. The quantitative estimate of drug-likeness (QED) is 0.330. The second-order valence-electron chi connectivity index (χ2n) is 11.4. The van der Waals surface area contributed by atoms with Crippen molar-refractivity contribution in [2.75, 3.05) is 31.1 Å². The van der Waals surface area contributed by atoms with Crippen LogP contribution in [0.5, 0.6) is 0 Å². The molecular formula is C30H34F4N6O3. The van der Waals surface area contributed by atoms with Crippen LogP contribution in [0.2, 0.25) is 0 Å². The smallest absolute Gasteiger partial charge is 0.433 e. The Hall–Kier alpha value is -4.29. The highest BCUT2D eigenvalue weighted by Gasteiger charge is 2.33. The summed E-state index contributed by atoms with van der Waals surface area (Å²) in [6, 6.07) is 6.41. The van der Waals surface area contributed by atoms with E-state index < -0.39 is 29.2 Å². The first-order valence-electron chi connectivity index (χ1n) is 13.9. The summed E-state index contributed by atoms with van der Waals surface area (Å²) in [5.41, 5.74) is -0.734. The molecular weight excluding hydrogens is 568 g/mol. The van der Waals surface area contributed by atoms with Gasteiger partial charge in [-0.25, -0.2) is 14.2 Å². The van der Waals surface area contributed by atoms with E-state index in [1.165, 1.54) is 12.3 Å². The molecule has 43 heavy (non-hydrogen) atoms. The van der Waals surface area contributed by atoms with Gasteiger partial charge in [0.05, 0.1) is 11.9 Å². The molecule has 13 heteroatoms. The van der Waals surface area contributed by atoms with E-state index in [9.17, 15) is 27.2 Å². The van der Waals surface area contributed by atoms with Crippen molar-refractivity contribution in [3.63, 3.8) is 0 Å². The van der Waals surface area contributed by atoms with Crippen molar-refractivity contribution >= 4 is 17.7 Å². The molecule has 0 saturated carbocycles. The van der Waals surface area contributed by atoms with Gasteiger partial charge < -0.3 is 19.9 Å². The molecule has 230 valence electrons. The fraction of sp³-hybridized carbons (Fsp3) is 0.433. The van der Waals surface area contributed by atoms with Crippen molar-refractivity contribution in [3.05, 3.63) is 71.7 Å². The van der Waals surface area contributed by atoms with E-state index in [1.54, 1.807) is 23.2 Å². The molecule has 0 aliphatic carbocycles. The van der Waals surface area contributed by atoms with Crippen LogP contribution in [0.15, 0.2) is 48.9 Å². The molecule has 3 aromatic heterocycles. The number of rotatable bonds is 8. The second-order valence-corrected chi connectivity index (χ2v) is 11.4. The summed E-state index contributed by atoms with van der Waals surface area (Å²) in [4.78, 5) is 40.5. The van der Waals surface area contributed by atoms with Crippen LogP contribution in [0.1, 0.15) is 55.9 Å². The third kappa shape index (κ3) is 8.39. The van der Waals surface area contributed by atoms with Gasteiger partial charge in [-0.2, -0.15) is 13.2 Å². The highest BCUT2D eigenvalue weighted by Crippen LogP contribution is 2.31. The second kappa shape index (κ2) is 12.9. The van der Waals surface area contributed by atoms with Crippen molar-refractivity contribution < 1.29 is 31.9 Å². The maximum Gasteiger partial charge on any atom is 0.433 e. The number of ether oxygens (including phenoxy) is 1. The lowest BCUT2D eigenvalue weighted by molar-refractivity contribution is -0.141. The molecule has 2 amide bonds. The number of halogens is 4. The van der Waals surface area contributed by atoms with Gasteiger partial charge in [-0.05, 0) is 62.1 Å². The summed E-state index contributed by atoms with van der Waals surface area (Å²) < 4.78 is 59.3. The number of carbonyl (C=O) groups excluding carboxylic acids is 2. The zero-order valence-corrected chi connectivity index (χ0v) is 24.4. The Morgan fingerprint density at radius 1 is 1.00 bits per heavy atom. The van der Waals surface area contributed by atoms with Crippen molar-refractivity contribution in [2.24, 2.45) is 5.92 Å². The highest BCUT2D eigenvalue weighted by molar-refractivity contribution is 5.92. The molecule has 1 fully saturated rings. The molecule has 1 N–H and O–H groups in total. The Balaban J connectivity index is 1.29. The molecule has 0 radical (unpaired) electrons. The van der Waals surface area contributed by atoms with Gasteiger partial charge in [0, 0.05) is 50.7 Å². The van der Waals surface area contributed by atoms with Crippen LogP contribution < -0.4 is 10.2 Å². The van der Waals surface area contributed by atoms with E-state index in [0.717, 1.165) is 30.4 Å². The molecule has 4 heterocycles. The van der Waals surface area contributed by atoms with E-state index in [0.29, 0.717) is 37.7 Å². The number of pyridine rings is 3. The van der Waals surface area contributed by atoms with Gasteiger partial charge in [0.1, 0.15) is 28.5 Å². The predicted octanol–water partition coefficient (Wildman–Crippen LogP) is 5.71. The van der Waals surface area contributed by atoms with Crippen LogP contribution in [0, 0.1) is 11.7 Å². The Labute approximate surface area is 247 Å². The summed E-state index contributed by atoms with van der Waals surface area (Å²) in [6.07, 6.45) is -0.423. The topological polar surface area (TPSA) is 101 Å². The minimum absolute atomic E-state index is 0.0633. The third-order valence-electron chi connectivity index (χ3n) is 6.82. The summed E-state index contributed by atoms with van der Waals surface area (Å²) in [5, 5.41) is 2.64. The summed E-state index contributed by atoms with van der Waals surface area (Å²) in [7, 11) is 0. The Morgan fingerprint density at radius 3 is 2.33 bits per heavy atom. The van der Waals surface area contributed by atoms with Gasteiger partial charge in [0.15, 0.2) is 0 Å². The first kappa shape index (κ1) is 31.6. The maximum absolute atomic E-state index is 14.7. The van der Waals surface area contributed by atoms with Gasteiger partial charge in [-0.15, -0.1) is 0 Å². The summed E-state index contributed by atoms with van der Waals surface area (Å²) in [6.45, 7) is 10.1. The number of alkyl halides is 3. The number of anilines is 1. The van der Waals surface area contributed by atoms with Crippen LogP contribution in [-0.2, 0) is 17.5 Å². The van der Waals surface area contributed by atoms with Gasteiger partial charge >= 0.3 is 12.3 Å². The van der Waals surface area contributed by atoms with Crippen LogP contribution >= 0.6 is 0 Å². The zero-order valence-electron chi connectivity index (χ0n) is 24.4. The fourth-order valence-electron chi connectivity index (χ4n) is 4.97. The minimum Gasteiger partial charge on any atom is -0.443 e. The molecule has 0 atom stereocenters. The van der Waals surface area contributed by atoms with Crippen LogP contribution in [0.3, 0.4) is 0 Å². The summed E-state index contributed by atoms with van der Waals surface area (Å²) >= 11 is 0. The van der Waals surface area contributed by atoms with E-state index >= 15 is 0 Å². The molecule has 1 saturated heterocycles. The van der Waals surface area contributed by atoms with Crippen LogP contribution in [0.4, 0.5) is 28.0 Å². The largest absolute Gasteiger partial charge is 0.443 e. The van der Waals surface area contributed by atoms with Gasteiger partial charge in [0.2, 0.25) is 0 Å². The number of piperazine rings is 1. The Kier molecular flexibility index (Phi) is 9.51. The summed E-state index contributed by atoms with van der Waals surface area (Å²) in [5.74, 6) is -0.916. The van der Waals surface area contributed by atoms with Crippen LogP contribution in [-0.4, -0.2) is 63.6 Å². The lowest BCUT2D eigenvalue weighted by Crippen LogP contribution is -2.50. The predicted molar refractivity (Wildman–Crippen MR) is 152 cm³/mol. The zero-order chi connectivity index (χ0) is 31.4. The monoisotopic (exact) mass is 602 g/mol. The van der Waals surface area contributed by atoms with Gasteiger partial charge in [-0.1, -0.05) is 13.8 Å². The number of nitrogens with one attached hydrogen (secondary N) is 1. The van der Waals surface area contributed by atoms with Crippen LogP contribution in [0.25, 0.3) is 11.3 Å². The van der Waals surface area contributed by atoms with E-state index in [2.05, 4.69) is 39.0 Å². The van der Waals surface area contributed by atoms with E-state index in [1.807, 2.05) is 13.8 Å². The first-order valence-corrected chi connectivity index (χ1v) is 13.9. The average Bonchev–Trinajstić information content (AvgIpc) is 2.95. The average molecular weight is 603 g/mol. The molecule has 3 aromatic rings. The maximum atomic E-state index is 14.7. The molecule has 9 nitrogen and oxygen atoms in total. The number of hydrogen-bond donors (Lipinski definition) is 1. The highest BCUT2D eigenvalue weighted by atomic mass is 19.4. The molecule has 0 aromatic carbocycles. The number of carbonyl (C=O) groups is 2. The Morgan fingerprint density at radius 2 is 1.72 bits per heavy atom. The SMILES string of the molecule is CC(C)CC(C)(C)OC(=O)N1CCN(c2ccc(C(=O)NCc3cnc(-c4ccnc(C(F)(F)F)c4)c(F)c3)nc2)CC1. The molecule has 1 aliphatic heterocycles. The Bertz CT molecular complexity index is 1440. The number of amides is 2. The lowest BCUT2D eigenvalue weighted by atomic mass is 9.96. The fourth-order valence-corrected chi connectivity index (χ4v) is 4.97. The third-order valence-corrected chi connectivity index (χ3v) is 6.82. The lowest BCUT2D eigenvalue weighted by Gasteiger charge is -2.37. The van der Waals surface area contributed by atoms with E-state index in [-0.39, 0.29) is 29.6 Å². The molecule has 0 unspecified atom stereocenters. The molecule has 4 rings (SSSR count).